The summed E-state index contributed by atoms with van der Waals surface area (Å²) in [6.45, 7) is 9.03. The fourth-order valence-corrected chi connectivity index (χ4v) is 6.86. The highest BCUT2D eigenvalue weighted by Gasteiger charge is 2.41. The van der Waals surface area contributed by atoms with Crippen LogP contribution in [0, 0.1) is 18.3 Å². The molecule has 3 saturated heterocycles. The number of unbranched alkanes of at least 4 members (excludes halogenated alkanes) is 2. The van der Waals surface area contributed by atoms with Gasteiger partial charge < -0.3 is 9.80 Å². The fourth-order valence-electron chi connectivity index (χ4n) is 5.57. The van der Waals surface area contributed by atoms with Gasteiger partial charge in [0, 0.05) is 64.5 Å². The van der Waals surface area contributed by atoms with E-state index in [-0.39, 0.29) is 23.7 Å². The molecule has 3 aliphatic heterocycles. The zero-order valence-corrected chi connectivity index (χ0v) is 23.8. The van der Waals surface area contributed by atoms with Gasteiger partial charge in [-0.15, -0.1) is 0 Å². The van der Waals surface area contributed by atoms with Gasteiger partial charge in [0.15, 0.2) is 0 Å². The summed E-state index contributed by atoms with van der Waals surface area (Å²) in [7, 11) is -3.19. The minimum atomic E-state index is -3.19. The Morgan fingerprint density at radius 1 is 1.08 bits per heavy atom. The number of hydrogen-bond donors (Lipinski definition) is 0. The maximum Gasteiger partial charge on any atom is 0.324 e. The number of fused-ring (bicyclic) bond motifs is 1. The average Bonchev–Trinajstić information content (AvgIpc) is 3.25. The highest BCUT2D eigenvalue weighted by atomic mass is 35.5. The number of anilines is 1. The van der Waals surface area contributed by atoms with Crippen molar-refractivity contribution in [2.75, 3.05) is 69.6 Å². The first-order chi connectivity index (χ1) is 18.2. The Bertz CT molecular complexity index is 1190. The van der Waals surface area contributed by atoms with E-state index in [2.05, 4.69) is 11.0 Å². The van der Waals surface area contributed by atoms with Crippen molar-refractivity contribution in [3.63, 3.8) is 0 Å². The van der Waals surface area contributed by atoms with Gasteiger partial charge in [-0.2, -0.15) is 9.57 Å². The molecule has 38 heavy (non-hydrogen) atoms. The molecule has 0 saturated carbocycles. The maximum atomic E-state index is 13.1. The lowest BCUT2D eigenvalue weighted by atomic mass is 10.1. The standard InChI is InChI=1S/C26H37ClN6O4S/c1-3-38(36,37)31-14-12-30(13-15-31)24(34)7-5-4-6-10-29-11-16-32-22(18-29)19-33(26(32)35)23-9-8-21(17-28)25(27)20(23)2/h8-9,22H,3-7,10-16,18-19H2,1-2H3/t22-/m0/s1. The number of halogens is 1. The summed E-state index contributed by atoms with van der Waals surface area (Å²) in [5.74, 6) is 0.201. The molecule has 0 bridgehead atoms. The lowest BCUT2D eigenvalue weighted by Gasteiger charge is -2.36. The molecule has 0 radical (unpaired) electrons. The second-order valence-electron chi connectivity index (χ2n) is 10.2. The highest BCUT2D eigenvalue weighted by Crippen LogP contribution is 2.33. The molecule has 0 spiro atoms. The SMILES string of the molecule is CCS(=O)(=O)N1CCN(C(=O)CCCCCN2CCN3C(=O)N(c4ccc(C#N)c(Cl)c4C)C[C@@H]3C2)CC1. The number of nitrogens with zero attached hydrogens (tertiary/aromatic N) is 6. The normalized spacial score (nSPS) is 21.1. The Morgan fingerprint density at radius 2 is 1.82 bits per heavy atom. The lowest BCUT2D eigenvalue weighted by molar-refractivity contribution is -0.132. The van der Waals surface area contributed by atoms with E-state index in [9.17, 15) is 23.3 Å². The molecule has 1 aromatic rings. The van der Waals surface area contributed by atoms with Gasteiger partial charge in [-0.25, -0.2) is 13.2 Å². The number of amides is 3. The number of nitriles is 1. The molecule has 3 heterocycles. The Balaban J connectivity index is 1.18. The molecule has 3 amide bonds. The lowest BCUT2D eigenvalue weighted by Crippen LogP contribution is -2.52. The van der Waals surface area contributed by atoms with E-state index in [1.807, 2.05) is 17.9 Å². The monoisotopic (exact) mass is 564 g/mol. The number of hydrogen-bond acceptors (Lipinski definition) is 6. The predicted octanol–water partition coefficient (Wildman–Crippen LogP) is 2.50. The molecule has 4 rings (SSSR count). The van der Waals surface area contributed by atoms with Crippen LogP contribution in [0.4, 0.5) is 10.5 Å². The van der Waals surface area contributed by atoms with Crippen LogP contribution in [0.15, 0.2) is 12.1 Å². The van der Waals surface area contributed by atoms with Crippen LogP contribution in [0.2, 0.25) is 5.02 Å². The number of carbonyl (C=O) groups excluding carboxylic acids is 2. The van der Waals surface area contributed by atoms with Crippen LogP contribution in [-0.2, 0) is 14.8 Å². The molecule has 0 aromatic heterocycles. The van der Waals surface area contributed by atoms with Crippen LogP contribution in [-0.4, -0.2) is 110 Å². The molecular formula is C26H37ClN6O4S. The first kappa shape index (κ1) is 28.6. The van der Waals surface area contributed by atoms with E-state index in [0.717, 1.165) is 50.1 Å². The van der Waals surface area contributed by atoms with Gasteiger partial charge >= 0.3 is 6.03 Å². The summed E-state index contributed by atoms with van der Waals surface area (Å²) in [5, 5.41) is 9.61. The van der Waals surface area contributed by atoms with E-state index in [4.69, 9.17) is 11.6 Å². The van der Waals surface area contributed by atoms with Crippen LogP contribution in [0.25, 0.3) is 0 Å². The third-order valence-corrected chi connectivity index (χ3v) is 10.3. The summed E-state index contributed by atoms with van der Waals surface area (Å²) in [6.07, 6.45) is 3.26. The van der Waals surface area contributed by atoms with E-state index >= 15 is 0 Å². The molecule has 3 fully saturated rings. The van der Waals surface area contributed by atoms with Crippen molar-refractivity contribution in [3.05, 3.63) is 28.3 Å². The summed E-state index contributed by atoms with van der Waals surface area (Å²) >= 11 is 6.34. The van der Waals surface area contributed by atoms with Gasteiger partial charge in [0.25, 0.3) is 0 Å². The van der Waals surface area contributed by atoms with Crippen molar-refractivity contribution < 1.29 is 18.0 Å². The Labute approximate surface area is 230 Å². The topological polar surface area (TPSA) is 108 Å². The zero-order chi connectivity index (χ0) is 27.4. The molecule has 0 unspecified atom stereocenters. The largest absolute Gasteiger partial charge is 0.340 e. The highest BCUT2D eigenvalue weighted by molar-refractivity contribution is 7.89. The minimum Gasteiger partial charge on any atom is -0.340 e. The van der Waals surface area contributed by atoms with Crippen LogP contribution >= 0.6 is 11.6 Å². The number of sulfonamides is 1. The molecule has 10 nitrogen and oxygen atoms in total. The number of urea groups is 1. The number of rotatable bonds is 9. The van der Waals surface area contributed by atoms with E-state index < -0.39 is 10.0 Å². The maximum absolute atomic E-state index is 13.1. The molecule has 1 atom stereocenters. The van der Waals surface area contributed by atoms with E-state index in [0.29, 0.717) is 56.3 Å². The Kier molecular flexibility index (Phi) is 9.19. The Hall–Kier alpha value is -2.39. The van der Waals surface area contributed by atoms with E-state index in [1.165, 1.54) is 4.31 Å². The van der Waals surface area contributed by atoms with Gasteiger partial charge in [0.2, 0.25) is 15.9 Å². The summed E-state index contributed by atoms with van der Waals surface area (Å²) < 4.78 is 25.5. The van der Waals surface area contributed by atoms with Crippen LogP contribution < -0.4 is 4.90 Å². The van der Waals surface area contributed by atoms with Crippen molar-refractivity contribution in [1.29, 1.82) is 5.26 Å². The number of carbonyl (C=O) groups is 2. The quantitative estimate of drug-likeness (QED) is 0.426. The third kappa shape index (κ3) is 6.09. The van der Waals surface area contributed by atoms with Crippen molar-refractivity contribution in [2.24, 2.45) is 0 Å². The number of benzene rings is 1. The first-order valence-corrected chi connectivity index (χ1v) is 15.4. The predicted molar refractivity (Wildman–Crippen MR) is 147 cm³/mol. The second kappa shape index (κ2) is 12.2. The van der Waals surface area contributed by atoms with Crippen molar-refractivity contribution >= 4 is 39.2 Å². The Morgan fingerprint density at radius 3 is 2.50 bits per heavy atom. The molecule has 1 aromatic carbocycles. The fraction of sp³-hybridized carbons (Fsp3) is 0.654. The second-order valence-corrected chi connectivity index (χ2v) is 12.9. The van der Waals surface area contributed by atoms with E-state index in [1.54, 1.807) is 22.8 Å². The molecule has 12 heteroatoms. The minimum absolute atomic E-state index is 0.00911. The van der Waals surface area contributed by atoms with Gasteiger partial charge in [0.1, 0.15) is 6.07 Å². The van der Waals surface area contributed by atoms with Crippen molar-refractivity contribution in [3.8, 4) is 6.07 Å². The summed E-state index contributed by atoms with van der Waals surface area (Å²) in [4.78, 5) is 33.5. The van der Waals surface area contributed by atoms with Crippen molar-refractivity contribution in [2.45, 2.75) is 45.6 Å². The zero-order valence-electron chi connectivity index (χ0n) is 22.2. The molecular weight excluding hydrogens is 528 g/mol. The van der Waals surface area contributed by atoms with Gasteiger partial charge in [-0.05, 0) is 50.9 Å². The van der Waals surface area contributed by atoms with Gasteiger partial charge in [-0.3, -0.25) is 14.6 Å². The van der Waals surface area contributed by atoms with Gasteiger partial charge in [-0.1, -0.05) is 18.0 Å². The average molecular weight is 565 g/mol. The van der Waals surface area contributed by atoms with Crippen LogP contribution in [0.1, 0.15) is 43.7 Å². The first-order valence-electron chi connectivity index (χ1n) is 13.4. The summed E-state index contributed by atoms with van der Waals surface area (Å²) in [5.41, 5.74) is 1.92. The number of piperazine rings is 2. The van der Waals surface area contributed by atoms with Crippen LogP contribution in [0.3, 0.4) is 0 Å². The smallest absolute Gasteiger partial charge is 0.324 e. The molecule has 208 valence electrons. The molecule has 0 N–H and O–H groups in total. The molecule has 3 aliphatic rings. The van der Waals surface area contributed by atoms with Crippen LogP contribution in [0.5, 0.6) is 0 Å². The molecule has 0 aliphatic carbocycles. The third-order valence-electron chi connectivity index (χ3n) is 7.92. The summed E-state index contributed by atoms with van der Waals surface area (Å²) in [6, 6.07) is 5.67. The van der Waals surface area contributed by atoms with Crippen molar-refractivity contribution in [1.82, 2.24) is 19.0 Å². The van der Waals surface area contributed by atoms with Gasteiger partial charge in [0.05, 0.1) is 22.4 Å².